The van der Waals surface area contributed by atoms with E-state index in [0.29, 0.717) is 12.0 Å². The van der Waals surface area contributed by atoms with Crippen molar-refractivity contribution in [3.05, 3.63) is 84.2 Å². The Morgan fingerprint density at radius 1 is 0.826 bits per heavy atom. The van der Waals surface area contributed by atoms with Crippen molar-refractivity contribution >= 4 is 15.8 Å². The van der Waals surface area contributed by atoms with Gasteiger partial charge in [-0.25, -0.2) is 37.7 Å². The lowest BCUT2D eigenvalue weighted by atomic mass is 10.00. The second-order valence-corrected chi connectivity index (χ2v) is 12.4. The molecule has 0 saturated carbocycles. The first-order valence-electron chi connectivity index (χ1n) is 13.7. The number of nitrogens with zero attached hydrogens (tertiary/aromatic N) is 6. The number of alkyl halides is 6. The lowest BCUT2D eigenvalue weighted by Gasteiger charge is -2.27. The molecule has 17 heteroatoms. The average Bonchev–Trinajstić information content (AvgIpc) is 3.41. The van der Waals surface area contributed by atoms with Crippen molar-refractivity contribution in [3.8, 4) is 22.5 Å². The van der Waals surface area contributed by atoms with Gasteiger partial charge in [0.1, 0.15) is 5.82 Å². The van der Waals surface area contributed by atoms with E-state index in [1.807, 2.05) is 0 Å². The second kappa shape index (κ2) is 12.4. The molecular weight excluding hydrogens is 645 g/mol. The van der Waals surface area contributed by atoms with E-state index in [0.717, 1.165) is 53.4 Å². The highest BCUT2D eigenvalue weighted by atomic mass is 32.2. The number of hydrogen-bond donors (Lipinski definition) is 0. The standard InChI is InChI=1S/C29H23F7N6O3S/c1-16-2-8-24(42(16)46(44,45)21-6-4-20(30)5-7-21)25(43)9-3-17-10-22(18-12-37-26(38-13-18)28(31,32)33)41-23(11-17)19-14-39-27(40-15-19)29(34,35)36/h4-7,10-16,24H,2-3,8-9H2,1H3/t16-,24-/m0/s1. The molecule has 4 heterocycles. The third kappa shape index (κ3) is 7.04. The van der Waals surface area contributed by atoms with Crippen LogP contribution in [-0.4, -0.2) is 55.5 Å². The molecule has 9 nitrogen and oxygen atoms in total. The predicted molar refractivity (Wildman–Crippen MR) is 148 cm³/mol. The van der Waals surface area contributed by atoms with Crippen LogP contribution >= 0.6 is 0 Å². The van der Waals surface area contributed by atoms with Crippen LogP contribution in [0.1, 0.15) is 43.4 Å². The zero-order valence-corrected chi connectivity index (χ0v) is 24.5. The van der Waals surface area contributed by atoms with E-state index in [-0.39, 0.29) is 46.7 Å². The van der Waals surface area contributed by atoms with Gasteiger partial charge in [0.15, 0.2) is 5.78 Å². The molecule has 1 aromatic carbocycles. The van der Waals surface area contributed by atoms with Gasteiger partial charge < -0.3 is 0 Å². The Balaban J connectivity index is 1.44. The van der Waals surface area contributed by atoms with Crippen LogP contribution in [0.4, 0.5) is 30.7 Å². The molecule has 3 aromatic heterocycles. The number of rotatable bonds is 8. The maximum atomic E-state index is 13.4. The van der Waals surface area contributed by atoms with E-state index in [4.69, 9.17) is 0 Å². The number of aryl methyl sites for hydroxylation is 1. The number of pyridine rings is 1. The number of sulfonamides is 1. The second-order valence-electron chi connectivity index (χ2n) is 10.5. The Bertz CT molecular complexity index is 1760. The largest absolute Gasteiger partial charge is 0.451 e. The molecule has 1 fully saturated rings. The summed E-state index contributed by atoms with van der Waals surface area (Å²) in [6.45, 7) is 1.66. The Morgan fingerprint density at radius 3 is 1.76 bits per heavy atom. The molecule has 1 aliphatic heterocycles. The molecule has 242 valence electrons. The fraction of sp³-hybridized carbons (Fsp3) is 0.310. The third-order valence-electron chi connectivity index (χ3n) is 7.31. The van der Waals surface area contributed by atoms with E-state index in [1.165, 1.54) is 12.1 Å². The van der Waals surface area contributed by atoms with Gasteiger partial charge in [-0.15, -0.1) is 0 Å². The molecule has 0 aliphatic carbocycles. The van der Waals surface area contributed by atoms with Crippen LogP contribution in [0.15, 0.2) is 66.1 Å². The Kier molecular flexibility index (Phi) is 8.92. The van der Waals surface area contributed by atoms with Crippen molar-refractivity contribution in [2.45, 2.75) is 61.9 Å². The summed E-state index contributed by atoms with van der Waals surface area (Å²) in [5.41, 5.74) is 0.632. The summed E-state index contributed by atoms with van der Waals surface area (Å²) in [7, 11) is -4.15. The van der Waals surface area contributed by atoms with E-state index < -0.39 is 57.7 Å². The molecule has 2 atom stereocenters. The molecular formula is C29H23F7N6O3S. The molecule has 0 N–H and O–H groups in total. The highest BCUT2D eigenvalue weighted by Gasteiger charge is 2.43. The van der Waals surface area contributed by atoms with Crippen molar-refractivity contribution in [1.82, 2.24) is 29.2 Å². The van der Waals surface area contributed by atoms with Crippen LogP contribution in [0, 0.1) is 5.82 Å². The molecule has 0 amide bonds. The summed E-state index contributed by atoms with van der Waals surface area (Å²) in [4.78, 5) is 30.9. The Morgan fingerprint density at radius 2 is 1.30 bits per heavy atom. The highest BCUT2D eigenvalue weighted by Crippen LogP contribution is 2.33. The average molecular weight is 669 g/mol. The SMILES string of the molecule is C[C@H]1CC[C@@H](C(=O)CCc2cc(-c3cnc(C(F)(F)F)nc3)nc(-c3cnc(C(F)(F)F)nc3)c2)N1S(=O)(=O)c1ccc(F)cc1. The maximum absolute atomic E-state index is 13.4. The summed E-state index contributed by atoms with van der Waals surface area (Å²) >= 11 is 0. The quantitative estimate of drug-likeness (QED) is 0.213. The number of carbonyl (C=O) groups is 1. The number of Topliss-reactive ketones (excluding diaryl/α,β-unsaturated/α-hetero) is 1. The molecule has 4 aromatic rings. The predicted octanol–water partition coefficient (Wildman–Crippen LogP) is 5.92. The van der Waals surface area contributed by atoms with Crippen molar-refractivity contribution in [2.24, 2.45) is 0 Å². The van der Waals surface area contributed by atoms with Crippen LogP contribution in [-0.2, 0) is 33.6 Å². The van der Waals surface area contributed by atoms with Gasteiger partial charge in [0, 0.05) is 48.4 Å². The minimum Gasteiger partial charge on any atom is -0.298 e. The number of halogens is 7. The van der Waals surface area contributed by atoms with Crippen LogP contribution in [0.5, 0.6) is 0 Å². The molecule has 5 rings (SSSR count). The van der Waals surface area contributed by atoms with Gasteiger partial charge >= 0.3 is 12.4 Å². The minimum absolute atomic E-state index is 0.0135. The molecule has 1 aliphatic rings. The van der Waals surface area contributed by atoms with Crippen molar-refractivity contribution in [3.63, 3.8) is 0 Å². The number of benzene rings is 1. The first-order valence-corrected chi connectivity index (χ1v) is 15.1. The third-order valence-corrected chi connectivity index (χ3v) is 9.35. The first-order chi connectivity index (χ1) is 21.5. The summed E-state index contributed by atoms with van der Waals surface area (Å²) in [6, 6.07) is 5.65. The zero-order chi connectivity index (χ0) is 33.4. The van der Waals surface area contributed by atoms with Gasteiger partial charge in [-0.3, -0.25) is 4.79 Å². The van der Waals surface area contributed by atoms with Crippen molar-refractivity contribution in [1.29, 1.82) is 0 Å². The molecule has 0 radical (unpaired) electrons. The molecule has 0 bridgehead atoms. The molecule has 46 heavy (non-hydrogen) atoms. The van der Waals surface area contributed by atoms with Gasteiger partial charge in [0.25, 0.3) is 0 Å². The monoisotopic (exact) mass is 668 g/mol. The lowest BCUT2D eigenvalue weighted by molar-refractivity contribution is -0.145. The van der Waals surface area contributed by atoms with Crippen molar-refractivity contribution in [2.75, 3.05) is 0 Å². The minimum atomic E-state index is -4.80. The number of ketones is 1. The molecule has 0 unspecified atom stereocenters. The Hall–Kier alpha value is -4.38. The van der Waals surface area contributed by atoms with Crippen LogP contribution in [0.3, 0.4) is 0 Å². The van der Waals surface area contributed by atoms with Gasteiger partial charge in [-0.1, -0.05) is 0 Å². The van der Waals surface area contributed by atoms with Gasteiger partial charge in [0.05, 0.1) is 22.3 Å². The Labute approximate surface area is 257 Å². The van der Waals surface area contributed by atoms with Crippen molar-refractivity contribution < 1.29 is 43.9 Å². The first kappa shape index (κ1) is 33.0. The lowest BCUT2D eigenvalue weighted by Crippen LogP contribution is -2.44. The number of aromatic nitrogens is 5. The van der Waals surface area contributed by atoms with E-state index >= 15 is 0 Å². The normalized spacial score (nSPS) is 17.7. The van der Waals surface area contributed by atoms with Gasteiger partial charge in [0.2, 0.25) is 21.7 Å². The topological polar surface area (TPSA) is 119 Å². The maximum Gasteiger partial charge on any atom is 0.451 e. The number of hydrogen-bond acceptors (Lipinski definition) is 8. The van der Waals surface area contributed by atoms with Gasteiger partial charge in [-0.05, 0) is 68.1 Å². The van der Waals surface area contributed by atoms with Gasteiger partial charge in [-0.2, -0.15) is 30.6 Å². The van der Waals surface area contributed by atoms with Crippen LogP contribution in [0.2, 0.25) is 0 Å². The van der Waals surface area contributed by atoms with E-state index in [1.54, 1.807) is 6.92 Å². The van der Waals surface area contributed by atoms with Crippen LogP contribution in [0.25, 0.3) is 22.5 Å². The summed E-state index contributed by atoms with van der Waals surface area (Å²) in [5.74, 6) is -3.81. The zero-order valence-electron chi connectivity index (χ0n) is 23.7. The molecule has 0 spiro atoms. The number of carbonyl (C=O) groups excluding carboxylic acids is 1. The smallest absolute Gasteiger partial charge is 0.298 e. The van der Waals surface area contributed by atoms with E-state index in [2.05, 4.69) is 24.9 Å². The highest BCUT2D eigenvalue weighted by molar-refractivity contribution is 7.89. The van der Waals surface area contributed by atoms with Crippen LogP contribution < -0.4 is 0 Å². The summed E-state index contributed by atoms with van der Waals surface area (Å²) in [5, 5.41) is 0. The summed E-state index contributed by atoms with van der Waals surface area (Å²) < 4.78 is 119. The summed E-state index contributed by atoms with van der Waals surface area (Å²) in [6.07, 6.45) is -5.55. The molecule has 1 saturated heterocycles. The fourth-order valence-corrected chi connectivity index (χ4v) is 6.93. The van der Waals surface area contributed by atoms with E-state index in [9.17, 15) is 43.9 Å². The fourth-order valence-electron chi connectivity index (χ4n) is 5.07.